The van der Waals surface area contributed by atoms with Crippen molar-refractivity contribution in [1.82, 2.24) is 9.21 Å². The minimum atomic E-state index is -3.44. The van der Waals surface area contributed by atoms with Gasteiger partial charge in [0.25, 0.3) is 0 Å². The lowest BCUT2D eigenvalue weighted by Gasteiger charge is -2.32. The zero-order valence-electron chi connectivity index (χ0n) is 14.7. The van der Waals surface area contributed by atoms with Crippen LogP contribution in [0.3, 0.4) is 0 Å². The van der Waals surface area contributed by atoms with E-state index in [4.69, 9.17) is 9.47 Å². The van der Waals surface area contributed by atoms with Gasteiger partial charge in [-0.3, -0.25) is 4.90 Å². The standard InChI is InChI=1S/C18H25FN2O4S/c19-15-3-1-2-14(10-15)11-21-17-12-20(16-4-6-24-7-5-16)13-18(17)25-8-9-26(21,22)23/h1-3,10,16-18H,4-9,11-13H2/t17-,18+/m1/s1. The molecule has 26 heavy (non-hydrogen) atoms. The number of ether oxygens (including phenoxy) is 2. The molecule has 3 aliphatic heterocycles. The summed E-state index contributed by atoms with van der Waals surface area (Å²) in [5.41, 5.74) is 0.666. The molecule has 0 bridgehead atoms. The average Bonchev–Trinajstić information content (AvgIpc) is 2.99. The van der Waals surface area contributed by atoms with Gasteiger partial charge in [0.15, 0.2) is 0 Å². The number of benzene rings is 1. The second-order valence-corrected chi connectivity index (χ2v) is 9.31. The molecule has 3 heterocycles. The van der Waals surface area contributed by atoms with Crippen molar-refractivity contribution in [2.75, 3.05) is 38.7 Å². The Labute approximate surface area is 153 Å². The monoisotopic (exact) mass is 384 g/mol. The lowest BCUT2D eigenvalue weighted by Crippen LogP contribution is -2.46. The molecule has 2 atom stereocenters. The number of fused-ring (bicyclic) bond motifs is 1. The highest BCUT2D eigenvalue weighted by Gasteiger charge is 2.45. The second-order valence-electron chi connectivity index (χ2n) is 7.27. The van der Waals surface area contributed by atoms with E-state index in [2.05, 4.69) is 4.90 Å². The van der Waals surface area contributed by atoms with Crippen LogP contribution in [0.1, 0.15) is 18.4 Å². The molecule has 3 saturated heterocycles. The van der Waals surface area contributed by atoms with E-state index in [0.717, 1.165) is 32.6 Å². The fourth-order valence-electron chi connectivity index (χ4n) is 4.23. The molecular formula is C18H25FN2O4S. The van der Waals surface area contributed by atoms with Crippen LogP contribution in [0, 0.1) is 5.82 Å². The molecule has 0 unspecified atom stereocenters. The van der Waals surface area contributed by atoms with Crippen LogP contribution >= 0.6 is 0 Å². The first-order chi connectivity index (χ1) is 12.5. The van der Waals surface area contributed by atoms with Crippen LogP contribution in [0.5, 0.6) is 0 Å². The normalized spacial score (nSPS) is 30.8. The molecule has 0 N–H and O–H groups in total. The van der Waals surface area contributed by atoms with Gasteiger partial charge in [-0.05, 0) is 30.5 Å². The number of likely N-dealkylation sites (tertiary alicyclic amines) is 1. The van der Waals surface area contributed by atoms with Gasteiger partial charge in [0.05, 0.1) is 24.5 Å². The molecule has 1 aromatic carbocycles. The van der Waals surface area contributed by atoms with Crippen molar-refractivity contribution in [3.8, 4) is 0 Å². The van der Waals surface area contributed by atoms with Crippen molar-refractivity contribution >= 4 is 10.0 Å². The van der Waals surface area contributed by atoms with Gasteiger partial charge >= 0.3 is 0 Å². The first kappa shape index (κ1) is 18.3. The highest BCUT2D eigenvalue weighted by atomic mass is 32.2. The Morgan fingerprint density at radius 2 is 1.96 bits per heavy atom. The van der Waals surface area contributed by atoms with Crippen LogP contribution < -0.4 is 0 Å². The fraction of sp³-hybridized carbons (Fsp3) is 0.667. The maximum absolute atomic E-state index is 13.6. The Morgan fingerprint density at radius 1 is 1.15 bits per heavy atom. The van der Waals surface area contributed by atoms with Gasteiger partial charge in [-0.15, -0.1) is 0 Å². The van der Waals surface area contributed by atoms with E-state index < -0.39 is 10.0 Å². The summed E-state index contributed by atoms with van der Waals surface area (Å²) in [4.78, 5) is 2.34. The number of hydrogen-bond acceptors (Lipinski definition) is 5. The molecule has 4 rings (SSSR count). The van der Waals surface area contributed by atoms with Gasteiger partial charge < -0.3 is 9.47 Å². The third-order valence-electron chi connectivity index (χ3n) is 5.60. The van der Waals surface area contributed by atoms with Crippen LogP contribution in [0.15, 0.2) is 24.3 Å². The van der Waals surface area contributed by atoms with Gasteiger partial charge in [-0.2, -0.15) is 4.31 Å². The number of hydrogen-bond donors (Lipinski definition) is 0. The molecular weight excluding hydrogens is 359 g/mol. The van der Waals surface area contributed by atoms with Crippen molar-refractivity contribution in [2.24, 2.45) is 0 Å². The van der Waals surface area contributed by atoms with Gasteiger partial charge in [-0.25, -0.2) is 12.8 Å². The number of rotatable bonds is 3. The molecule has 8 heteroatoms. The van der Waals surface area contributed by atoms with E-state index in [-0.39, 0.29) is 36.9 Å². The summed E-state index contributed by atoms with van der Waals surface area (Å²) in [6.45, 7) is 3.30. The molecule has 0 amide bonds. The average molecular weight is 384 g/mol. The van der Waals surface area contributed by atoms with Crippen LogP contribution in [0.4, 0.5) is 4.39 Å². The van der Waals surface area contributed by atoms with Gasteiger partial charge in [0, 0.05) is 38.9 Å². The Hall–Kier alpha value is -1.06. The van der Waals surface area contributed by atoms with E-state index in [1.165, 1.54) is 12.1 Å². The third-order valence-corrected chi connectivity index (χ3v) is 7.40. The smallest absolute Gasteiger partial charge is 0.217 e. The number of nitrogens with zero attached hydrogens (tertiary/aromatic N) is 2. The van der Waals surface area contributed by atoms with Gasteiger partial charge in [0.1, 0.15) is 5.82 Å². The zero-order chi connectivity index (χ0) is 18.1. The van der Waals surface area contributed by atoms with Crippen molar-refractivity contribution in [2.45, 2.75) is 37.6 Å². The topological polar surface area (TPSA) is 59.1 Å². The van der Waals surface area contributed by atoms with Crippen LogP contribution in [-0.2, 0) is 26.0 Å². The summed E-state index contributed by atoms with van der Waals surface area (Å²) in [5.74, 6) is -0.371. The molecule has 1 aromatic rings. The molecule has 3 fully saturated rings. The predicted octanol–water partition coefficient (Wildman–Crippen LogP) is 1.22. The quantitative estimate of drug-likeness (QED) is 0.784. The second kappa shape index (κ2) is 7.52. The zero-order valence-corrected chi connectivity index (χ0v) is 15.5. The van der Waals surface area contributed by atoms with E-state index in [1.807, 2.05) is 0 Å². The van der Waals surface area contributed by atoms with Crippen LogP contribution in [-0.4, -0.2) is 74.5 Å². The minimum Gasteiger partial charge on any atom is -0.381 e. The number of halogens is 1. The van der Waals surface area contributed by atoms with Crippen LogP contribution in [0.2, 0.25) is 0 Å². The van der Waals surface area contributed by atoms with E-state index in [9.17, 15) is 12.8 Å². The minimum absolute atomic E-state index is 0.0212. The maximum atomic E-state index is 13.6. The molecule has 0 aliphatic carbocycles. The summed E-state index contributed by atoms with van der Waals surface area (Å²) < 4.78 is 52.1. The lowest BCUT2D eigenvalue weighted by molar-refractivity contribution is 0.0257. The molecule has 0 aromatic heterocycles. The lowest BCUT2D eigenvalue weighted by atomic mass is 10.1. The molecule has 0 saturated carbocycles. The third kappa shape index (κ3) is 3.80. The van der Waals surface area contributed by atoms with E-state index in [1.54, 1.807) is 16.4 Å². The molecule has 0 spiro atoms. The largest absolute Gasteiger partial charge is 0.381 e. The van der Waals surface area contributed by atoms with Crippen molar-refractivity contribution in [3.63, 3.8) is 0 Å². The summed E-state index contributed by atoms with van der Waals surface area (Å²) in [7, 11) is -3.44. The van der Waals surface area contributed by atoms with Crippen molar-refractivity contribution < 1.29 is 22.3 Å². The maximum Gasteiger partial charge on any atom is 0.217 e. The van der Waals surface area contributed by atoms with Crippen LogP contribution in [0.25, 0.3) is 0 Å². The first-order valence-electron chi connectivity index (χ1n) is 9.20. The fourth-order valence-corrected chi connectivity index (χ4v) is 5.74. The first-order valence-corrected chi connectivity index (χ1v) is 10.8. The molecule has 0 radical (unpaired) electrons. The van der Waals surface area contributed by atoms with E-state index >= 15 is 0 Å². The van der Waals surface area contributed by atoms with E-state index in [0.29, 0.717) is 18.2 Å². The summed E-state index contributed by atoms with van der Waals surface area (Å²) in [5, 5.41) is 0. The predicted molar refractivity (Wildman–Crippen MR) is 94.7 cm³/mol. The highest BCUT2D eigenvalue weighted by Crippen LogP contribution is 2.30. The highest BCUT2D eigenvalue weighted by molar-refractivity contribution is 7.89. The molecule has 3 aliphatic rings. The Kier molecular flexibility index (Phi) is 5.29. The summed E-state index contributed by atoms with van der Waals surface area (Å²) in [6, 6.07) is 6.35. The summed E-state index contributed by atoms with van der Waals surface area (Å²) >= 11 is 0. The number of sulfonamides is 1. The SMILES string of the molecule is O=S1(=O)CCO[C@H]2CN(C3CCOCC3)C[C@H]2N1Cc1cccc(F)c1. The van der Waals surface area contributed by atoms with Gasteiger partial charge in [-0.1, -0.05) is 12.1 Å². The molecule has 6 nitrogen and oxygen atoms in total. The Morgan fingerprint density at radius 3 is 2.73 bits per heavy atom. The van der Waals surface area contributed by atoms with Crippen molar-refractivity contribution in [1.29, 1.82) is 0 Å². The Bertz CT molecular complexity index is 738. The Balaban J connectivity index is 1.57. The van der Waals surface area contributed by atoms with Gasteiger partial charge in [0.2, 0.25) is 10.0 Å². The molecule has 144 valence electrons. The van der Waals surface area contributed by atoms with Crippen molar-refractivity contribution in [3.05, 3.63) is 35.6 Å². The summed E-state index contributed by atoms with van der Waals surface area (Å²) in [6.07, 6.45) is 1.80.